The average molecular weight is 444 g/mol. The maximum atomic E-state index is 13.1. The molecule has 2 aromatic carbocycles. The minimum absolute atomic E-state index is 0.0443. The first-order chi connectivity index (χ1) is 16.1. The second-order valence-corrected chi connectivity index (χ2v) is 9.22. The van der Waals surface area contributed by atoms with E-state index in [1.54, 1.807) is 13.2 Å². The van der Waals surface area contributed by atoms with Crippen molar-refractivity contribution in [2.45, 2.75) is 25.4 Å². The summed E-state index contributed by atoms with van der Waals surface area (Å²) in [5, 5.41) is 13.1. The van der Waals surface area contributed by atoms with E-state index in [4.69, 9.17) is 0 Å². The Kier molecular flexibility index (Phi) is 5.72. The lowest BCUT2D eigenvalue weighted by atomic mass is 9.80. The number of hydrogen-bond acceptors (Lipinski definition) is 4. The fourth-order valence-corrected chi connectivity index (χ4v) is 5.69. The molecule has 7 heteroatoms. The van der Waals surface area contributed by atoms with Crippen LogP contribution in [0.4, 0.5) is 0 Å². The van der Waals surface area contributed by atoms with Crippen molar-refractivity contribution in [3.8, 4) is 11.3 Å². The first kappa shape index (κ1) is 21.4. The molecule has 5 rings (SSSR count). The summed E-state index contributed by atoms with van der Waals surface area (Å²) in [6.07, 6.45) is 3.01. The van der Waals surface area contributed by atoms with Gasteiger partial charge in [-0.1, -0.05) is 60.7 Å². The Morgan fingerprint density at radius 1 is 1.12 bits per heavy atom. The van der Waals surface area contributed by atoms with Gasteiger partial charge in [0.1, 0.15) is 0 Å². The van der Waals surface area contributed by atoms with Gasteiger partial charge in [0.05, 0.1) is 22.9 Å². The number of benzene rings is 2. The highest BCUT2D eigenvalue weighted by atomic mass is 16.2. The summed E-state index contributed by atoms with van der Waals surface area (Å²) in [5.41, 5.74) is 2.93. The van der Waals surface area contributed by atoms with Gasteiger partial charge in [0, 0.05) is 38.3 Å². The fourth-order valence-electron chi connectivity index (χ4n) is 5.69. The van der Waals surface area contributed by atoms with Crippen LogP contribution in [-0.2, 0) is 11.3 Å². The van der Waals surface area contributed by atoms with Crippen LogP contribution in [0.2, 0.25) is 0 Å². The summed E-state index contributed by atoms with van der Waals surface area (Å²) in [4.78, 5) is 28.6. The van der Waals surface area contributed by atoms with E-state index in [2.05, 4.69) is 37.9 Å². The predicted molar refractivity (Wildman–Crippen MR) is 126 cm³/mol. The van der Waals surface area contributed by atoms with Crippen LogP contribution in [0.15, 0.2) is 66.9 Å². The molecule has 0 spiro atoms. The van der Waals surface area contributed by atoms with Crippen LogP contribution in [0.25, 0.3) is 11.3 Å². The summed E-state index contributed by atoms with van der Waals surface area (Å²) in [6, 6.07) is 20.0. The monoisotopic (exact) mass is 443 g/mol. The number of aromatic amines is 1. The molecule has 2 aliphatic rings. The minimum Gasteiger partial charge on any atom is -0.359 e. The molecule has 170 valence electrons. The summed E-state index contributed by atoms with van der Waals surface area (Å²) >= 11 is 0. The van der Waals surface area contributed by atoms with Gasteiger partial charge in [-0.15, -0.1) is 0 Å². The molecule has 3 N–H and O–H groups in total. The highest BCUT2D eigenvalue weighted by molar-refractivity contribution is 6.00. The quantitative estimate of drug-likeness (QED) is 0.547. The normalized spacial score (nSPS) is 24.4. The molecule has 33 heavy (non-hydrogen) atoms. The van der Waals surface area contributed by atoms with Gasteiger partial charge in [0.25, 0.3) is 5.91 Å². The van der Waals surface area contributed by atoms with E-state index in [0.29, 0.717) is 24.2 Å². The van der Waals surface area contributed by atoms with E-state index in [0.717, 1.165) is 25.1 Å². The van der Waals surface area contributed by atoms with Crippen molar-refractivity contribution in [1.82, 2.24) is 25.7 Å². The van der Waals surface area contributed by atoms with Crippen LogP contribution >= 0.6 is 0 Å². The van der Waals surface area contributed by atoms with Crippen molar-refractivity contribution >= 4 is 11.8 Å². The topological polar surface area (TPSA) is 90.1 Å². The molecule has 2 heterocycles. The number of amides is 2. The Morgan fingerprint density at radius 3 is 2.58 bits per heavy atom. The first-order valence-electron chi connectivity index (χ1n) is 11.5. The summed E-state index contributed by atoms with van der Waals surface area (Å²) in [6.45, 7) is 2.40. The summed E-state index contributed by atoms with van der Waals surface area (Å²) < 4.78 is 0. The molecule has 3 aromatic rings. The Morgan fingerprint density at radius 2 is 1.85 bits per heavy atom. The molecule has 1 saturated carbocycles. The Balaban J connectivity index is 1.30. The molecule has 1 saturated heterocycles. The fraction of sp³-hybridized carbons (Fsp3) is 0.346. The van der Waals surface area contributed by atoms with Gasteiger partial charge in [-0.3, -0.25) is 19.6 Å². The number of rotatable bonds is 6. The van der Waals surface area contributed by atoms with E-state index in [-0.39, 0.29) is 23.8 Å². The summed E-state index contributed by atoms with van der Waals surface area (Å²) in [5.74, 6) is 0.137. The zero-order chi connectivity index (χ0) is 22.8. The third kappa shape index (κ3) is 4.04. The molecular weight excluding hydrogens is 414 g/mol. The van der Waals surface area contributed by atoms with E-state index < -0.39 is 5.41 Å². The Bertz CT molecular complexity index is 1130. The number of carbonyl (C=O) groups is 2. The lowest BCUT2D eigenvalue weighted by molar-refractivity contribution is -0.131. The SMILES string of the molecule is CNC(=O)[C@]12C[C@@H](NC(=O)c3cn[nH]c3-c3ccccc3)C[C@H]1CN(Cc1ccccc1)C2. The molecule has 3 atom stereocenters. The van der Waals surface area contributed by atoms with Gasteiger partial charge >= 0.3 is 0 Å². The molecule has 2 amide bonds. The standard InChI is InChI=1S/C26H29N5O2/c1-27-25(33)26-13-21(12-20(26)16-31(17-26)15-18-8-4-2-5-9-18)29-24(32)22-14-28-30-23(22)19-10-6-3-7-11-19/h2-11,14,20-21H,12-13,15-17H2,1H3,(H,27,33)(H,28,30)(H,29,32)/t20-,21-,26-/m0/s1. The van der Waals surface area contributed by atoms with Crippen LogP contribution in [0.1, 0.15) is 28.8 Å². The average Bonchev–Trinajstić information content (AvgIpc) is 3.53. The number of hydrogen-bond donors (Lipinski definition) is 3. The largest absolute Gasteiger partial charge is 0.359 e. The van der Waals surface area contributed by atoms with Crippen molar-refractivity contribution in [2.75, 3.05) is 20.1 Å². The smallest absolute Gasteiger partial charge is 0.255 e. The van der Waals surface area contributed by atoms with Crippen LogP contribution < -0.4 is 10.6 Å². The zero-order valence-electron chi connectivity index (χ0n) is 18.8. The maximum absolute atomic E-state index is 13.1. The number of nitrogens with zero attached hydrogens (tertiary/aromatic N) is 2. The number of fused-ring (bicyclic) bond motifs is 1. The van der Waals surface area contributed by atoms with Crippen molar-refractivity contribution in [1.29, 1.82) is 0 Å². The van der Waals surface area contributed by atoms with E-state index >= 15 is 0 Å². The van der Waals surface area contributed by atoms with Crippen LogP contribution in [-0.4, -0.2) is 53.1 Å². The predicted octanol–water partition coefficient (Wildman–Crippen LogP) is 2.83. The van der Waals surface area contributed by atoms with Crippen molar-refractivity contribution < 1.29 is 9.59 Å². The van der Waals surface area contributed by atoms with E-state index in [9.17, 15) is 9.59 Å². The molecule has 2 fully saturated rings. The van der Waals surface area contributed by atoms with Gasteiger partial charge in [-0.2, -0.15) is 5.10 Å². The Hall–Kier alpha value is -3.45. The highest BCUT2D eigenvalue weighted by Gasteiger charge is 2.57. The third-order valence-electron chi connectivity index (χ3n) is 7.16. The molecule has 0 radical (unpaired) electrons. The maximum Gasteiger partial charge on any atom is 0.255 e. The summed E-state index contributed by atoms with van der Waals surface area (Å²) in [7, 11) is 1.71. The second-order valence-electron chi connectivity index (χ2n) is 9.22. The van der Waals surface area contributed by atoms with E-state index in [1.165, 1.54) is 5.56 Å². The highest BCUT2D eigenvalue weighted by Crippen LogP contribution is 2.49. The van der Waals surface area contributed by atoms with E-state index in [1.807, 2.05) is 48.5 Å². The molecule has 1 aliphatic heterocycles. The molecule has 1 aromatic heterocycles. The van der Waals surface area contributed by atoms with Gasteiger partial charge < -0.3 is 10.6 Å². The van der Waals surface area contributed by atoms with Crippen LogP contribution in [0.3, 0.4) is 0 Å². The van der Waals surface area contributed by atoms with Crippen LogP contribution in [0, 0.1) is 11.3 Å². The molecular formula is C26H29N5O2. The Labute approximate surface area is 193 Å². The number of H-pyrrole nitrogens is 1. The second kappa shape index (κ2) is 8.83. The number of carbonyl (C=O) groups excluding carboxylic acids is 2. The first-order valence-corrected chi connectivity index (χ1v) is 11.5. The van der Waals surface area contributed by atoms with Crippen molar-refractivity contribution in [2.24, 2.45) is 11.3 Å². The van der Waals surface area contributed by atoms with Crippen molar-refractivity contribution in [3.05, 3.63) is 78.0 Å². The van der Waals surface area contributed by atoms with Crippen LogP contribution in [0.5, 0.6) is 0 Å². The van der Waals surface area contributed by atoms with Gasteiger partial charge in [-0.25, -0.2) is 0 Å². The minimum atomic E-state index is -0.472. The molecule has 1 aliphatic carbocycles. The lowest BCUT2D eigenvalue weighted by Crippen LogP contribution is -2.44. The lowest BCUT2D eigenvalue weighted by Gasteiger charge is -2.27. The van der Waals surface area contributed by atoms with Gasteiger partial charge in [0.2, 0.25) is 5.91 Å². The number of nitrogens with one attached hydrogen (secondary N) is 3. The van der Waals surface area contributed by atoms with Gasteiger partial charge in [0.15, 0.2) is 0 Å². The number of aromatic nitrogens is 2. The third-order valence-corrected chi connectivity index (χ3v) is 7.16. The molecule has 0 bridgehead atoms. The van der Waals surface area contributed by atoms with Gasteiger partial charge in [-0.05, 0) is 24.3 Å². The molecule has 0 unspecified atom stereocenters. The van der Waals surface area contributed by atoms with Crippen molar-refractivity contribution in [3.63, 3.8) is 0 Å². The molecule has 7 nitrogen and oxygen atoms in total. The number of likely N-dealkylation sites (tertiary alicyclic amines) is 1. The zero-order valence-corrected chi connectivity index (χ0v) is 18.8.